The van der Waals surface area contributed by atoms with E-state index in [0.717, 1.165) is 6.20 Å². The molecule has 0 amide bonds. The molecule has 1 heterocycles. The molecule has 0 bridgehead atoms. The molecule has 1 rings (SSSR count). The summed E-state index contributed by atoms with van der Waals surface area (Å²) in [4.78, 5) is 24.2. The summed E-state index contributed by atoms with van der Waals surface area (Å²) in [5.74, 6) is -2.82. The standard InChI is InChI=1S/C10H8F3IN2O5/c1-2-20-6(17)3-5-4-15-9(16(18)19)8(7(5)14)21-10(11,12)13/h4H,2-3H2,1H3. The molecule has 0 aliphatic rings. The van der Waals surface area contributed by atoms with Gasteiger partial charge in [0.2, 0.25) is 5.75 Å². The van der Waals surface area contributed by atoms with Crippen LogP contribution in [0.3, 0.4) is 0 Å². The molecule has 0 N–H and O–H groups in total. The largest absolute Gasteiger partial charge is 0.573 e. The van der Waals surface area contributed by atoms with Crippen LogP contribution < -0.4 is 4.74 Å². The van der Waals surface area contributed by atoms with Gasteiger partial charge in [-0.25, -0.2) is 0 Å². The van der Waals surface area contributed by atoms with Gasteiger partial charge in [0.1, 0.15) is 6.20 Å². The molecule has 0 aromatic carbocycles. The average Bonchev–Trinajstić information content (AvgIpc) is 2.32. The van der Waals surface area contributed by atoms with E-state index in [1.807, 2.05) is 0 Å². The van der Waals surface area contributed by atoms with Crippen molar-refractivity contribution in [3.8, 4) is 5.75 Å². The molecule has 0 radical (unpaired) electrons. The quantitative estimate of drug-likeness (QED) is 0.315. The van der Waals surface area contributed by atoms with Crippen molar-refractivity contribution in [3.63, 3.8) is 0 Å². The van der Waals surface area contributed by atoms with E-state index in [-0.39, 0.29) is 22.2 Å². The number of hydrogen-bond donors (Lipinski definition) is 0. The van der Waals surface area contributed by atoms with Crippen LogP contribution in [-0.4, -0.2) is 28.8 Å². The third-order valence-corrected chi connectivity index (χ3v) is 3.24. The third-order valence-electron chi connectivity index (χ3n) is 2.06. The molecule has 21 heavy (non-hydrogen) atoms. The van der Waals surface area contributed by atoms with E-state index >= 15 is 0 Å². The van der Waals surface area contributed by atoms with Crippen LogP contribution in [0.25, 0.3) is 0 Å². The summed E-state index contributed by atoms with van der Waals surface area (Å²) in [5, 5.41) is 10.7. The zero-order valence-electron chi connectivity index (χ0n) is 10.4. The maximum absolute atomic E-state index is 12.3. The number of halogens is 4. The van der Waals surface area contributed by atoms with E-state index < -0.39 is 28.8 Å². The lowest BCUT2D eigenvalue weighted by Crippen LogP contribution is -2.20. The van der Waals surface area contributed by atoms with E-state index in [4.69, 9.17) is 0 Å². The molecule has 0 unspecified atom stereocenters. The molecule has 1 aromatic heterocycles. The van der Waals surface area contributed by atoms with Crippen LogP contribution in [-0.2, 0) is 16.0 Å². The van der Waals surface area contributed by atoms with Gasteiger partial charge >= 0.3 is 18.1 Å². The van der Waals surface area contributed by atoms with Crippen LogP contribution in [0.5, 0.6) is 5.75 Å². The Morgan fingerprint density at radius 3 is 2.62 bits per heavy atom. The molecule has 0 saturated heterocycles. The number of alkyl halides is 3. The Hall–Kier alpha value is -1.66. The highest BCUT2D eigenvalue weighted by Gasteiger charge is 2.37. The zero-order chi connectivity index (χ0) is 16.2. The Morgan fingerprint density at radius 2 is 2.14 bits per heavy atom. The molecule has 0 spiro atoms. The van der Waals surface area contributed by atoms with Crippen molar-refractivity contribution in [1.82, 2.24) is 4.98 Å². The number of nitrogens with zero attached hydrogens (tertiary/aromatic N) is 2. The Balaban J connectivity index is 3.23. The molecule has 116 valence electrons. The van der Waals surface area contributed by atoms with Crippen LogP contribution in [0.2, 0.25) is 0 Å². The number of nitro groups is 1. The number of carbonyl (C=O) groups excluding carboxylic acids is 1. The maximum Gasteiger partial charge on any atom is 0.573 e. The van der Waals surface area contributed by atoms with Crippen molar-refractivity contribution in [2.75, 3.05) is 6.61 Å². The minimum atomic E-state index is -5.12. The molecular weight excluding hydrogens is 412 g/mol. The second kappa shape index (κ2) is 6.87. The Labute approximate surface area is 129 Å². The summed E-state index contributed by atoms with van der Waals surface area (Å²) in [6.45, 7) is 1.66. The van der Waals surface area contributed by atoms with Crippen LogP contribution >= 0.6 is 22.6 Å². The molecular formula is C10H8F3IN2O5. The first-order valence-corrected chi connectivity index (χ1v) is 6.46. The van der Waals surface area contributed by atoms with E-state index in [2.05, 4.69) is 14.5 Å². The summed E-state index contributed by atoms with van der Waals surface area (Å²) in [7, 11) is 0. The van der Waals surface area contributed by atoms with Crippen molar-refractivity contribution in [2.45, 2.75) is 19.7 Å². The highest BCUT2D eigenvalue weighted by Crippen LogP contribution is 2.36. The molecule has 0 atom stereocenters. The topological polar surface area (TPSA) is 91.6 Å². The van der Waals surface area contributed by atoms with Crippen LogP contribution in [0.15, 0.2) is 6.20 Å². The number of esters is 1. The number of hydrogen-bond acceptors (Lipinski definition) is 6. The molecule has 11 heteroatoms. The van der Waals surface area contributed by atoms with Gasteiger partial charge in [-0.05, 0) is 39.4 Å². The van der Waals surface area contributed by atoms with Gasteiger partial charge in [0, 0.05) is 5.56 Å². The third kappa shape index (κ3) is 4.99. The van der Waals surface area contributed by atoms with Crippen molar-refractivity contribution >= 4 is 34.4 Å². The Kier molecular flexibility index (Phi) is 5.69. The monoisotopic (exact) mass is 420 g/mol. The Bertz CT molecular complexity index is 564. The predicted molar refractivity (Wildman–Crippen MR) is 70.6 cm³/mol. The smallest absolute Gasteiger partial charge is 0.466 e. The van der Waals surface area contributed by atoms with Crippen molar-refractivity contribution in [1.29, 1.82) is 0 Å². The SMILES string of the molecule is CCOC(=O)Cc1cnc([N+](=O)[O-])c(OC(F)(F)F)c1I. The zero-order valence-corrected chi connectivity index (χ0v) is 12.6. The fourth-order valence-corrected chi connectivity index (χ4v) is 2.01. The number of ether oxygens (including phenoxy) is 2. The summed E-state index contributed by atoms with van der Waals surface area (Å²) in [6, 6.07) is 0. The van der Waals surface area contributed by atoms with Crippen molar-refractivity contribution in [2.24, 2.45) is 0 Å². The van der Waals surface area contributed by atoms with Gasteiger partial charge < -0.3 is 19.6 Å². The second-order valence-corrected chi connectivity index (χ2v) is 4.62. The lowest BCUT2D eigenvalue weighted by Gasteiger charge is -2.12. The van der Waals surface area contributed by atoms with Crippen LogP contribution in [0.1, 0.15) is 12.5 Å². The molecule has 0 fully saturated rings. The van der Waals surface area contributed by atoms with Gasteiger partial charge in [-0.3, -0.25) is 4.79 Å². The summed E-state index contributed by atoms with van der Waals surface area (Å²) >= 11 is 1.42. The van der Waals surface area contributed by atoms with Gasteiger partial charge in [0.25, 0.3) is 0 Å². The lowest BCUT2D eigenvalue weighted by atomic mass is 10.2. The summed E-state index contributed by atoms with van der Waals surface area (Å²) in [6.07, 6.45) is -4.54. The Morgan fingerprint density at radius 1 is 1.52 bits per heavy atom. The van der Waals surface area contributed by atoms with Gasteiger partial charge in [0.05, 0.1) is 16.6 Å². The van der Waals surface area contributed by atoms with Crippen molar-refractivity contribution in [3.05, 3.63) is 25.4 Å². The highest BCUT2D eigenvalue weighted by molar-refractivity contribution is 14.1. The number of rotatable bonds is 5. The van der Waals surface area contributed by atoms with E-state index in [1.165, 1.54) is 22.6 Å². The van der Waals surface area contributed by atoms with E-state index in [0.29, 0.717) is 0 Å². The number of pyridine rings is 1. The highest BCUT2D eigenvalue weighted by atomic mass is 127. The predicted octanol–water partition coefficient (Wildman–Crippen LogP) is 2.60. The van der Waals surface area contributed by atoms with Crippen LogP contribution in [0, 0.1) is 13.7 Å². The van der Waals surface area contributed by atoms with Gasteiger partial charge in [0.15, 0.2) is 0 Å². The number of carbonyl (C=O) groups is 1. The molecule has 0 aliphatic carbocycles. The summed E-state index contributed by atoms with van der Waals surface area (Å²) in [5.41, 5.74) is 0.0406. The number of aromatic nitrogens is 1. The van der Waals surface area contributed by atoms with E-state index in [1.54, 1.807) is 6.92 Å². The van der Waals surface area contributed by atoms with Gasteiger partial charge in [-0.15, -0.1) is 13.2 Å². The average molecular weight is 420 g/mol. The minimum absolute atomic E-state index is 0.0406. The molecule has 0 aliphatic heterocycles. The normalized spacial score (nSPS) is 11.1. The van der Waals surface area contributed by atoms with Gasteiger partial charge in [-0.2, -0.15) is 0 Å². The fourth-order valence-electron chi connectivity index (χ4n) is 1.33. The lowest BCUT2D eigenvalue weighted by molar-refractivity contribution is -0.393. The first-order chi connectivity index (χ1) is 9.65. The first-order valence-electron chi connectivity index (χ1n) is 5.38. The summed E-state index contributed by atoms with van der Waals surface area (Å²) < 4.78 is 45.0. The fraction of sp³-hybridized carbons (Fsp3) is 0.400. The molecule has 7 nitrogen and oxygen atoms in total. The van der Waals surface area contributed by atoms with Crippen molar-refractivity contribution < 1.29 is 32.4 Å². The van der Waals surface area contributed by atoms with Crippen LogP contribution in [0.4, 0.5) is 19.0 Å². The van der Waals surface area contributed by atoms with Gasteiger partial charge in [-0.1, -0.05) is 0 Å². The molecule has 1 aromatic rings. The minimum Gasteiger partial charge on any atom is -0.466 e. The first kappa shape index (κ1) is 17.4. The molecule has 0 saturated carbocycles. The van der Waals surface area contributed by atoms with E-state index in [9.17, 15) is 28.1 Å². The second-order valence-electron chi connectivity index (χ2n) is 3.54. The maximum atomic E-state index is 12.3.